The van der Waals surface area contributed by atoms with Crippen LogP contribution in [0.1, 0.15) is 15.9 Å². The molecule has 0 saturated heterocycles. The molecular weight excluding hydrogens is 290 g/mol. The number of para-hydroxylation sites is 1. The molecule has 0 amide bonds. The van der Waals surface area contributed by atoms with Crippen molar-refractivity contribution >= 4 is 28.8 Å². The average molecular weight is 305 g/mol. The number of benzene rings is 2. The normalized spacial score (nSPS) is 10.8. The van der Waals surface area contributed by atoms with Gasteiger partial charge >= 0.3 is 5.97 Å². The molecule has 0 aliphatic heterocycles. The first-order valence-electron chi connectivity index (χ1n) is 7.09. The van der Waals surface area contributed by atoms with E-state index in [0.717, 1.165) is 22.2 Å². The molecule has 0 unspecified atom stereocenters. The number of carbonyl (C=O) groups is 1. The van der Waals surface area contributed by atoms with Gasteiger partial charge in [0.05, 0.1) is 30.1 Å². The first kappa shape index (κ1) is 14.7. The Hall–Kier alpha value is -3.21. The molecule has 114 valence electrons. The molecule has 0 atom stereocenters. The van der Waals surface area contributed by atoms with Gasteiger partial charge in [0.1, 0.15) is 0 Å². The molecule has 1 heterocycles. The highest BCUT2D eigenvalue weighted by Gasteiger charge is 2.03. The molecule has 0 fully saturated rings. The molecule has 2 aromatic carbocycles. The third-order valence-corrected chi connectivity index (χ3v) is 3.36. The maximum absolute atomic E-state index is 11.4. The van der Waals surface area contributed by atoms with Gasteiger partial charge in [-0.3, -0.25) is 10.4 Å². The van der Waals surface area contributed by atoms with Crippen molar-refractivity contribution in [3.05, 3.63) is 71.9 Å². The van der Waals surface area contributed by atoms with Crippen molar-refractivity contribution in [2.75, 3.05) is 12.5 Å². The van der Waals surface area contributed by atoms with Gasteiger partial charge in [0, 0.05) is 11.6 Å². The summed E-state index contributed by atoms with van der Waals surface area (Å²) in [7, 11) is 1.36. The largest absolute Gasteiger partial charge is 0.465 e. The summed E-state index contributed by atoms with van der Waals surface area (Å²) in [5.74, 6) is -0.353. The number of ether oxygens (including phenoxy) is 1. The van der Waals surface area contributed by atoms with E-state index >= 15 is 0 Å². The van der Waals surface area contributed by atoms with Crippen LogP contribution in [0, 0.1) is 0 Å². The molecule has 0 aliphatic carbocycles. The van der Waals surface area contributed by atoms with Crippen molar-refractivity contribution < 1.29 is 9.53 Å². The summed E-state index contributed by atoms with van der Waals surface area (Å²) >= 11 is 0. The van der Waals surface area contributed by atoms with E-state index in [1.54, 1.807) is 36.7 Å². The number of esters is 1. The van der Waals surface area contributed by atoms with Gasteiger partial charge in [-0.15, -0.1) is 0 Å². The van der Waals surface area contributed by atoms with Gasteiger partial charge in [-0.05, 0) is 29.8 Å². The second-order valence-corrected chi connectivity index (χ2v) is 4.86. The Morgan fingerprint density at radius 3 is 2.70 bits per heavy atom. The number of fused-ring (bicyclic) bond motifs is 1. The molecule has 0 bridgehead atoms. The van der Waals surface area contributed by atoms with E-state index in [1.807, 2.05) is 30.3 Å². The second-order valence-electron chi connectivity index (χ2n) is 4.86. The Balaban J connectivity index is 1.74. The van der Waals surface area contributed by atoms with Gasteiger partial charge in [-0.1, -0.05) is 30.3 Å². The molecule has 0 saturated carbocycles. The number of methoxy groups -OCH3 is 1. The van der Waals surface area contributed by atoms with E-state index in [0.29, 0.717) is 5.56 Å². The molecule has 0 radical (unpaired) electrons. The number of pyridine rings is 1. The van der Waals surface area contributed by atoms with E-state index in [4.69, 9.17) is 0 Å². The number of aromatic nitrogens is 1. The van der Waals surface area contributed by atoms with E-state index in [1.165, 1.54) is 7.11 Å². The minimum absolute atomic E-state index is 0.353. The van der Waals surface area contributed by atoms with Crippen molar-refractivity contribution in [3.63, 3.8) is 0 Å². The fraction of sp³-hybridized carbons (Fsp3) is 0.0556. The van der Waals surface area contributed by atoms with Gasteiger partial charge < -0.3 is 4.74 Å². The summed E-state index contributed by atoms with van der Waals surface area (Å²) < 4.78 is 4.66. The van der Waals surface area contributed by atoms with Crippen molar-refractivity contribution in [1.29, 1.82) is 0 Å². The second kappa shape index (κ2) is 6.70. The quantitative estimate of drug-likeness (QED) is 0.455. The highest BCUT2D eigenvalue weighted by atomic mass is 16.5. The first-order chi connectivity index (χ1) is 11.3. The SMILES string of the molecule is COC(=O)c1ccc(/C=N\Nc2cccc3cccnc23)cc1. The third kappa shape index (κ3) is 3.35. The van der Waals surface area contributed by atoms with Gasteiger partial charge in [-0.2, -0.15) is 5.10 Å². The highest BCUT2D eigenvalue weighted by molar-refractivity contribution is 5.92. The van der Waals surface area contributed by atoms with E-state index in [2.05, 4.69) is 20.2 Å². The van der Waals surface area contributed by atoms with Gasteiger partial charge in [0.15, 0.2) is 0 Å². The standard InChI is InChI=1S/C18H15N3O2/c1-23-18(22)15-9-7-13(8-10-15)12-20-21-16-6-2-4-14-5-3-11-19-17(14)16/h2-12,21H,1H3/b20-12-. The van der Waals surface area contributed by atoms with E-state index in [-0.39, 0.29) is 5.97 Å². The number of hydrazone groups is 1. The molecule has 1 N–H and O–H groups in total. The van der Waals surface area contributed by atoms with Crippen molar-refractivity contribution in [3.8, 4) is 0 Å². The minimum atomic E-state index is -0.353. The van der Waals surface area contributed by atoms with Crippen molar-refractivity contribution in [1.82, 2.24) is 4.98 Å². The Morgan fingerprint density at radius 2 is 1.91 bits per heavy atom. The van der Waals surface area contributed by atoms with Crippen LogP contribution in [0.4, 0.5) is 5.69 Å². The van der Waals surface area contributed by atoms with E-state index in [9.17, 15) is 4.79 Å². The number of nitrogens with one attached hydrogen (secondary N) is 1. The van der Waals surface area contributed by atoms with Crippen LogP contribution in [0.5, 0.6) is 0 Å². The molecule has 1 aromatic heterocycles. The lowest BCUT2D eigenvalue weighted by atomic mass is 10.1. The van der Waals surface area contributed by atoms with E-state index < -0.39 is 0 Å². The monoisotopic (exact) mass is 305 g/mol. The van der Waals surface area contributed by atoms with Crippen LogP contribution >= 0.6 is 0 Å². The zero-order chi connectivity index (χ0) is 16.1. The number of nitrogens with zero attached hydrogens (tertiary/aromatic N) is 2. The fourth-order valence-electron chi connectivity index (χ4n) is 2.19. The molecule has 23 heavy (non-hydrogen) atoms. The Bertz CT molecular complexity index is 852. The maximum atomic E-state index is 11.4. The smallest absolute Gasteiger partial charge is 0.337 e. The number of rotatable bonds is 4. The van der Waals surface area contributed by atoms with Crippen LogP contribution in [-0.2, 0) is 4.74 Å². The molecule has 3 aromatic rings. The Morgan fingerprint density at radius 1 is 1.13 bits per heavy atom. The summed E-state index contributed by atoms with van der Waals surface area (Å²) in [6, 6.07) is 16.8. The average Bonchev–Trinajstić information content (AvgIpc) is 2.62. The summed E-state index contributed by atoms with van der Waals surface area (Å²) in [4.78, 5) is 15.7. The van der Waals surface area contributed by atoms with Crippen LogP contribution in [0.2, 0.25) is 0 Å². The van der Waals surface area contributed by atoms with Gasteiger partial charge in [-0.25, -0.2) is 4.79 Å². The summed E-state index contributed by atoms with van der Waals surface area (Å²) in [5, 5.41) is 5.28. The van der Waals surface area contributed by atoms with Crippen LogP contribution in [-0.4, -0.2) is 24.3 Å². The predicted molar refractivity (Wildman–Crippen MR) is 90.7 cm³/mol. The minimum Gasteiger partial charge on any atom is -0.465 e. The zero-order valence-electron chi connectivity index (χ0n) is 12.6. The molecule has 5 heteroatoms. The maximum Gasteiger partial charge on any atom is 0.337 e. The predicted octanol–water partition coefficient (Wildman–Crippen LogP) is 3.47. The van der Waals surface area contributed by atoms with Crippen molar-refractivity contribution in [2.45, 2.75) is 0 Å². The van der Waals surface area contributed by atoms with Gasteiger partial charge in [0.2, 0.25) is 0 Å². The number of hydrogen-bond donors (Lipinski definition) is 1. The summed E-state index contributed by atoms with van der Waals surface area (Å²) in [6.45, 7) is 0. The molecule has 3 rings (SSSR count). The topological polar surface area (TPSA) is 63.6 Å². The van der Waals surface area contributed by atoms with Gasteiger partial charge in [0.25, 0.3) is 0 Å². The molecular formula is C18H15N3O2. The molecule has 5 nitrogen and oxygen atoms in total. The fourth-order valence-corrected chi connectivity index (χ4v) is 2.19. The number of anilines is 1. The summed E-state index contributed by atoms with van der Waals surface area (Å²) in [6.07, 6.45) is 3.44. The zero-order valence-corrected chi connectivity index (χ0v) is 12.6. The lowest BCUT2D eigenvalue weighted by Gasteiger charge is -2.04. The third-order valence-electron chi connectivity index (χ3n) is 3.36. The van der Waals surface area contributed by atoms with Crippen LogP contribution < -0.4 is 5.43 Å². The van der Waals surface area contributed by atoms with Crippen LogP contribution in [0.15, 0.2) is 65.9 Å². The first-order valence-corrected chi connectivity index (χ1v) is 7.09. The number of carbonyl (C=O) groups excluding carboxylic acids is 1. The molecule has 0 aliphatic rings. The Kier molecular flexibility index (Phi) is 4.29. The van der Waals surface area contributed by atoms with Crippen molar-refractivity contribution in [2.24, 2.45) is 5.10 Å². The lowest BCUT2D eigenvalue weighted by molar-refractivity contribution is 0.0600. The Labute approximate surface area is 133 Å². The molecule has 0 spiro atoms. The number of hydrogen-bond acceptors (Lipinski definition) is 5. The summed E-state index contributed by atoms with van der Waals surface area (Å²) in [5.41, 5.74) is 6.09. The van der Waals surface area contributed by atoms with Crippen LogP contribution in [0.3, 0.4) is 0 Å². The highest BCUT2D eigenvalue weighted by Crippen LogP contribution is 2.20. The van der Waals surface area contributed by atoms with Crippen LogP contribution in [0.25, 0.3) is 10.9 Å². The lowest BCUT2D eigenvalue weighted by Crippen LogP contribution is -2.00.